The zero-order valence-electron chi connectivity index (χ0n) is 8.44. The van der Waals surface area contributed by atoms with E-state index in [-0.39, 0.29) is 12.6 Å². The Kier molecular flexibility index (Phi) is 3.03. The Balaban J connectivity index is 2.36. The normalized spacial score (nSPS) is 20.0. The summed E-state index contributed by atoms with van der Waals surface area (Å²) in [5.41, 5.74) is -0.310. The maximum absolute atomic E-state index is 12.5. The van der Waals surface area contributed by atoms with E-state index in [2.05, 4.69) is 26.6 Å². The number of hydrogen-bond donors (Lipinski definition) is 2. The highest BCUT2D eigenvalue weighted by molar-refractivity contribution is 9.10. The second-order valence-corrected chi connectivity index (χ2v) is 4.50. The summed E-state index contributed by atoms with van der Waals surface area (Å²) in [6, 6.07) is 2.56. The van der Waals surface area contributed by atoms with Gasteiger partial charge >= 0.3 is 12.2 Å². The van der Waals surface area contributed by atoms with Gasteiger partial charge in [-0.2, -0.15) is 13.2 Å². The molecule has 2 N–H and O–H groups in total. The molecule has 3 nitrogen and oxygen atoms in total. The van der Waals surface area contributed by atoms with E-state index in [1.165, 1.54) is 6.07 Å². The Hall–Kier alpha value is -1.24. The monoisotopic (exact) mass is 308 g/mol. The molecule has 0 aliphatic carbocycles. The van der Waals surface area contributed by atoms with E-state index in [9.17, 15) is 18.0 Å². The van der Waals surface area contributed by atoms with Gasteiger partial charge < -0.3 is 10.6 Å². The van der Waals surface area contributed by atoms with Crippen molar-refractivity contribution in [3.8, 4) is 0 Å². The van der Waals surface area contributed by atoms with Gasteiger partial charge in [0.05, 0.1) is 11.6 Å². The van der Waals surface area contributed by atoms with Crippen LogP contribution in [0.2, 0.25) is 0 Å². The van der Waals surface area contributed by atoms with E-state index in [1.54, 1.807) is 0 Å². The van der Waals surface area contributed by atoms with Gasteiger partial charge in [0.2, 0.25) is 0 Å². The molecule has 0 spiro atoms. The molecule has 0 saturated carbocycles. The molecule has 0 aromatic heterocycles. The average molecular weight is 309 g/mol. The van der Waals surface area contributed by atoms with E-state index < -0.39 is 17.8 Å². The number of nitrogens with one attached hydrogen (secondary N) is 2. The van der Waals surface area contributed by atoms with Crippen LogP contribution >= 0.6 is 15.9 Å². The van der Waals surface area contributed by atoms with Gasteiger partial charge in [-0.05, 0) is 23.8 Å². The Bertz CT molecular complexity index is 461. The summed E-state index contributed by atoms with van der Waals surface area (Å²) >= 11 is 3.18. The predicted molar refractivity (Wildman–Crippen MR) is 58.4 cm³/mol. The zero-order chi connectivity index (χ0) is 12.6. The zero-order valence-corrected chi connectivity index (χ0v) is 10.0. The van der Waals surface area contributed by atoms with Gasteiger partial charge in [0.1, 0.15) is 0 Å². The first-order chi connectivity index (χ1) is 7.88. The molecular formula is C10H8BrF3N2O. The van der Waals surface area contributed by atoms with Gasteiger partial charge in [0.25, 0.3) is 0 Å². The van der Waals surface area contributed by atoms with Crippen LogP contribution in [-0.4, -0.2) is 12.6 Å². The van der Waals surface area contributed by atoms with E-state index in [0.717, 1.165) is 12.1 Å². The van der Waals surface area contributed by atoms with Crippen molar-refractivity contribution >= 4 is 22.0 Å². The summed E-state index contributed by atoms with van der Waals surface area (Å²) in [4.78, 5) is 11.0. The number of benzene rings is 1. The molecule has 1 saturated heterocycles. The molecule has 1 aromatic rings. The first-order valence-corrected chi connectivity index (χ1v) is 5.58. The van der Waals surface area contributed by atoms with Crippen LogP contribution in [-0.2, 0) is 6.18 Å². The molecule has 0 unspecified atom stereocenters. The van der Waals surface area contributed by atoms with Crippen molar-refractivity contribution < 1.29 is 18.0 Å². The van der Waals surface area contributed by atoms with Crippen LogP contribution in [0.25, 0.3) is 0 Å². The van der Waals surface area contributed by atoms with Crippen LogP contribution in [0.1, 0.15) is 17.2 Å². The highest BCUT2D eigenvalue weighted by Gasteiger charge is 2.32. The smallest absolute Gasteiger partial charge is 0.336 e. The van der Waals surface area contributed by atoms with E-state index >= 15 is 0 Å². The molecule has 1 fully saturated rings. The molecule has 92 valence electrons. The molecule has 1 aromatic carbocycles. The molecular weight excluding hydrogens is 301 g/mol. The first kappa shape index (κ1) is 12.2. The summed E-state index contributed by atoms with van der Waals surface area (Å²) in [5, 5.41) is 5.04. The first-order valence-electron chi connectivity index (χ1n) is 4.79. The Labute approximate surface area is 104 Å². The Morgan fingerprint density at radius 2 is 2.06 bits per heavy atom. The maximum Gasteiger partial charge on any atom is 0.416 e. The van der Waals surface area contributed by atoms with E-state index in [4.69, 9.17) is 0 Å². The third-order valence-electron chi connectivity index (χ3n) is 2.47. The lowest BCUT2D eigenvalue weighted by Gasteiger charge is -2.14. The molecule has 2 rings (SSSR count). The summed E-state index contributed by atoms with van der Waals surface area (Å²) in [6.45, 7) is 0.277. The number of hydrogen-bond acceptors (Lipinski definition) is 1. The largest absolute Gasteiger partial charge is 0.416 e. The number of carbonyl (C=O) groups is 1. The minimum absolute atomic E-state index is 0.277. The molecule has 7 heteroatoms. The predicted octanol–water partition coefficient (Wildman–Crippen LogP) is 2.82. The highest BCUT2D eigenvalue weighted by Crippen LogP contribution is 2.34. The fourth-order valence-electron chi connectivity index (χ4n) is 1.63. The van der Waals surface area contributed by atoms with Crippen molar-refractivity contribution in [2.45, 2.75) is 12.2 Å². The van der Waals surface area contributed by atoms with Gasteiger partial charge in [-0.1, -0.05) is 15.9 Å². The quantitative estimate of drug-likeness (QED) is 0.823. The number of halogens is 4. The molecule has 17 heavy (non-hydrogen) atoms. The van der Waals surface area contributed by atoms with Crippen molar-refractivity contribution in [2.75, 3.05) is 6.54 Å². The van der Waals surface area contributed by atoms with Gasteiger partial charge in [-0.25, -0.2) is 4.79 Å². The van der Waals surface area contributed by atoms with Gasteiger partial charge in [-0.3, -0.25) is 0 Å². The number of amides is 2. The van der Waals surface area contributed by atoms with Crippen LogP contribution in [0.3, 0.4) is 0 Å². The topological polar surface area (TPSA) is 41.1 Å². The van der Waals surface area contributed by atoms with Crippen LogP contribution < -0.4 is 10.6 Å². The SMILES string of the molecule is O=C1NC[C@H](c2cc(C(F)(F)F)ccc2Br)N1. The molecule has 2 amide bonds. The van der Waals surface area contributed by atoms with Crippen molar-refractivity contribution in [2.24, 2.45) is 0 Å². The lowest BCUT2D eigenvalue weighted by molar-refractivity contribution is -0.137. The number of rotatable bonds is 1. The Morgan fingerprint density at radius 1 is 1.35 bits per heavy atom. The van der Waals surface area contributed by atoms with Crippen LogP contribution in [0.15, 0.2) is 22.7 Å². The number of alkyl halides is 3. The van der Waals surface area contributed by atoms with Crippen LogP contribution in [0.4, 0.5) is 18.0 Å². The number of carbonyl (C=O) groups excluding carboxylic acids is 1. The van der Waals surface area contributed by atoms with Gasteiger partial charge in [0, 0.05) is 11.0 Å². The van der Waals surface area contributed by atoms with Crippen LogP contribution in [0, 0.1) is 0 Å². The third-order valence-corrected chi connectivity index (χ3v) is 3.19. The van der Waals surface area contributed by atoms with Crippen molar-refractivity contribution in [3.05, 3.63) is 33.8 Å². The third kappa shape index (κ3) is 2.54. The minimum atomic E-state index is -4.38. The number of urea groups is 1. The second kappa shape index (κ2) is 4.21. The maximum atomic E-state index is 12.5. The van der Waals surface area contributed by atoms with E-state index in [1.807, 2.05) is 0 Å². The Morgan fingerprint density at radius 3 is 2.59 bits per heavy atom. The molecule has 1 heterocycles. The van der Waals surface area contributed by atoms with E-state index in [0.29, 0.717) is 10.0 Å². The summed E-state index contributed by atoms with van der Waals surface area (Å²) in [5.74, 6) is 0. The highest BCUT2D eigenvalue weighted by atomic mass is 79.9. The average Bonchev–Trinajstić information content (AvgIpc) is 2.63. The van der Waals surface area contributed by atoms with Crippen LogP contribution in [0.5, 0.6) is 0 Å². The van der Waals surface area contributed by atoms with Gasteiger partial charge in [0.15, 0.2) is 0 Å². The lowest BCUT2D eigenvalue weighted by Crippen LogP contribution is -2.22. The van der Waals surface area contributed by atoms with Crippen molar-refractivity contribution in [3.63, 3.8) is 0 Å². The molecule has 1 aliphatic heterocycles. The summed E-state index contributed by atoms with van der Waals surface area (Å²) in [7, 11) is 0. The van der Waals surface area contributed by atoms with Gasteiger partial charge in [-0.15, -0.1) is 0 Å². The second-order valence-electron chi connectivity index (χ2n) is 3.64. The minimum Gasteiger partial charge on any atom is -0.336 e. The molecule has 0 radical (unpaired) electrons. The summed E-state index contributed by atoms with van der Waals surface area (Å²) in [6.07, 6.45) is -4.38. The molecule has 1 atom stereocenters. The van der Waals surface area contributed by atoms with Crippen molar-refractivity contribution in [1.29, 1.82) is 0 Å². The fourth-order valence-corrected chi connectivity index (χ4v) is 2.15. The van der Waals surface area contributed by atoms with Crippen molar-refractivity contribution in [1.82, 2.24) is 10.6 Å². The summed E-state index contributed by atoms with van der Waals surface area (Å²) < 4.78 is 38.2. The fraction of sp³-hybridized carbons (Fsp3) is 0.300. The molecule has 1 aliphatic rings. The standard InChI is InChI=1S/C10H8BrF3N2O/c11-7-2-1-5(10(12,13)14)3-6(7)8-4-15-9(17)16-8/h1-3,8H,4H2,(H2,15,16,17)/t8-/m1/s1. The molecule has 0 bridgehead atoms. The lowest BCUT2D eigenvalue weighted by atomic mass is 10.0.